The first-order valence-corrected chi connectivity index (χ1v) is 7.59. The molecule has 2 heterocycles. The van der Waals surface area contributed by atoms with Gasteiger partial charge in [-0.25, -0.2) is 0 Å². The number of hydrogen-bond acceptors (Lipinski definition) is 2. The molecule has 0 atom stereocenters. The summed E-state index contributed by atoms with van der Waals surface area (Å²) in [6, 6.07) is 6.64. The Kier molecular flexibility index (Phi) is 3.97. The van der Waals surface area contributed by atoms with Crippen molar-refractivity contribution in [2.24, 2.45) is 0 Å². The second kappa shape index (κ2) is 5.90. The molecule has 1 saturated heterocycles. The number of piperidine rings is 1. The Morgan fingerprint density at radius 1 is 1.14 bits per heavy atom. The summed E-state index contributed by atoms with van der Waals surface area (Å²) in [6.07, 6.45) is 5.01. The highest BCUT2D eigenvalue weighted by molar-refractivity contribution is 6.31. The van der Waals surface area contributed by atoms with Crippen LogP contribution in [0.15, 0.2) is 35.3 Å². The number of rotatable bonds is 2. The first-order chi connectivity index (χ1) is 10.1. The van der Waals surface area contributed by atoms with Gasteiger partial charge in [0.15, 0.2) is 5.43 Å². The largest absolute Gasteiger partial charge is 0.341 e. The summed E-state index contributed by atoms with van der Waals surface area (Å²) >= 11 is 6.02. The van der Waals surface area contributed by atoms with E-state index in [1.165, 1.54) is 12.5 Å². The Bertz CT molecular complexity index is 733. The zero-order valence-corrected chi connectivity index (χ0v) is 12.5. The van der Waals surface area contributed by atoms with Crippen molar-refractivity contribution < 1.29 is 4.79 Å². The van der Waals surface area contributed by atoms with E-state index in [4.69, 9.17) is 11.6 Å². The van der Waals surface area contributed by atoms with Crippen molar-refractivity contribution in [3.8, 4) is 0 Å². The maximum absolute atomic E-state index is 12.4. The van der Waals surface area contributed by atoms with Crippen LogP contribution in [0.25, 0.3) is 10.9 Å². The Morgan fingerprint density at radius 3 is 2.67 bits per heavy atom. The molecule has 110 valence electrons. The maximum Gasteiger partial charge on any atom is 0.242 e. The molecule has 1 aromatic heterocycles. The van der Waals surface area contributed by atoms with Gasteiger partial charge in [0.1, 0.15) is 6.54 Å². The van der Waals surface area contributed by atoms with Gasteiger partial charge in [0.2, 0.25) is 5.91 Å². The van der Waals surface area contributed by atoms with E-state index in [0.717, 1.165) is 25.9 Å². The summed E-state index contributed by atoms with van der Waals surface area (Å²) in [4.78, 5) is 26.2. The smallest absolute Gasteiger partial charge is 0.242 e. The van der Waals surface area contributed by atoms with Gasteiger partial charge < -0.3 is 9.47 Å². The van der Waals surface area contributed by atoms with Gasteiger partial charge in [-0.3, -0.25) is 9.59 Å². The molecule has 1 aliphatic rings. The van der Waals surface area contributed by atoms with E-state index in [0.29, 0.717) is 15.9 Å². The Labute approximate surface area is 127 Å². The molecule has 0 N–H and O–H groups in total. The lowest BCUT2D eigenvalue weighted by Gasteiger charge is -2.27. The number of hydrogen-bond donors (Lipinski definition) is 0. The van der Waals surface area contributed by atoms with Gasteiger partial charge in [-0.1, -0.05) is 11.6 Å². The predicted molar refractivity (Wildman–Crippen MR) is 83.6 cm³/mol. The average molecular weight is 305 g/mol. The van der Waals surface area contributed by atoms with Gasteiger partial charge in [0.25, 0.3) is 0 Å². The molecule has 1 aliphatic heterocycles. The molecule has 4 nitrogen and oxygen atoms in total. The van der Waals surface area contributed by atoms with Crippen LogP contribution in [0.1, 0.15) is 19.3 Å². The molecule has 21 heavy (non-hydrogen) atoms. The molecule has 1 aromatic carbocycles. The number of aromatic nitrogens is 1. The Morgan fingerprint density at radius 2 is 1.90 bits per heavy atom. The minimum absolute atomic E-state index is 0.0525. The first kappa shape index (κ1) is 14.1. The van der Waals surface area contributed by atoms with Crippen molar-refractivity contribution in [3.63, 3.8) is 0 Å². The maximum atomic E-state index is 12.4. The number of benzene rings is 1. The van der Waals surface area contributed by atoms with Crippen molar-refractivity contribution in [1.29, 1.82) is 0 Å². The van der Waals surface area contributed by atoms with Crippen molar-refractivity contribution in [2.45, 2.75) is 25.8 Å². The van der Waals surface area contributed by atoms with Crippen LogP contribution >= 0.6 is 11.6 Å². The predicted octanol–water partition coefficient (Wildman–Crippen LogP) is 2.67. The Balaban J connectivity index is 1.93. The van der Waals surface area contributed by atoms with Crippen LogP contribution in [-0.4, -0.2) is 28.5 Å². The normalized spacial score (nSPS) is 15.4. The third kappa shape index (κ3) is 2.95. The molecule has 1 fully saturated rings. The van der Waals surface area contributed by atoms with Crippen LogP contribution in [0, 0.1) is 0 Å². The van der Waals surface area contributed by atoms with E-state index in [9.17, 15) is 9.59 Å². The lowest BCUT2D eigenvalue weighted by molar-refractivity contribution is -0.132. The van der Waals surface area contributed by atoms with Crippen LogP contribution < -0.4 is 5.43 Å². The van der Waals surface area contributed by atoms with E-state index in [-0.39, 0.29) is 17.9 Å². The number of nitrogens with zero attached hydrogens (tertiary/aromatic N) is 2. The van der Waals surface area contributed by atoms with E-state index in [1.807, 2.05) is 4.90 Å². The van der Waals surface area contributed by atoms with Crippen LogP contribution in [-0.2, 0) is 11.3 Å². The zero-order chi connectivity index (χ0) is 14.8. The molecular weight excluding hydrogens is 288 g/mol. The summed E-state index contributed by atoms with van der Waals surface area (Å²) in [5.74, 6) is 0.0969. The van der Waals surface area contributed by atoms with Crippen molar-refractivity contribution >= 4 is 28.4 Å². The fourth-order valence-electron chi connectivity index (χ4n) is 2.81. The molecule has 2 aromatic rings. The number of amides is 1. The van der Waals surface area contributed by atoms with Crippen molar-refractivity contribution in [2.75, 3.05) is 13.1 Å². The summed E-state index contributed by atoms with van der Waals surface area (Å²) in [5.41, 5.74) is 0.656. The summed E-state index contributed by atoms with van der Waals surface area (Å²) in [5, 5.41) is 1.15. The second-order valence-corrected chi connectivity index (χ2v) is 5.85. The van der Waals surface area contributed by atoms with Gasteiger partial charge in [0.05, 0.1) is 5.52 Å². The molecule has 0 saturated carbocycles. The van der Waals surface area contributed by atoms with Crippen LogP contribution in [0.4, 0.5) is 0 Å². The summed E-state index contributed by atoms with van der Waals surface area (Å²) in [6.45, 7) is 1.91. The van der Waals surface area contributed by atoms with E-state index >= 15 is 0 Å². The highest BCUT2D eigenvalue weighted by Gasteiger charge is 2.17. The molecule has 0 radical (unpaired) electrons. The lowest BCUT2D eigenvalue weighted by atomic mass is 10.1. The molecule has 0 bridgehead atoms. The lowest BCUT2D eigenvalue weighted by Crippen LogP contribution is -2.37. The number of fused-ring (bicyclic) bond motifs is 1. The molecule has 5 heteroatoms. The number of halogens is 1. The summed E-state index contributed by atoms with van der Waals surface area (Å²) < 4.78 is 1.81. The van der Waals surface area contributed by atoms with Gasteiger partial charge in [0, 0.05) is 35.8 Å². The third-order valence-electron chi connectivity index (χ3n) is 3.95. The third-order valence-corrected chi connectivity index (χ3v) is 4.19. The standard InChI is InChI=1S/C16H17ClN2O2/c17-12-4-5-13-14(10-12)19(9-6-15(13)20)11-16(21)18-7-2-1-3-8-18/h4-6,9-10H,1-3,7-8,11H2. The summed E-state index contributed by atoms with van der Waals surface area (Å²) in [7, 11) is 0. The minimum Gasteiger partial charge on any atom is -0.341 e. The first-order valence-electron chi connectivity index (χ1n) is 7.21. The highest BCUT2D eigenvalue weighted by Crippen LogP contribution is 2.17. The molecular formula is C16H17ClN2O2. The number of carbonyl (C=O) groups is 1. The number of pyridine rings is 1. The minimum atomic E-state index is -0.0525. The van der Waals surface area contributed by atoms with Gasteiger partial charge in [-0.15, -0.1) is 0 Å². The Hall–Kier alpha value is -1.81. The van der Waals surface area contributed by atoms with E-state index < -0.39 is 0 Å². The quantitative estimate of drug-likeness (QED) is 0.856. The second-order valence-electron chi connectivity index (χ2n) is 5.41. The SMILES string of the molecule is O=C(Cn1ccc(=O)c2ccc(Cl)cc21)N1CCCCC1. The molecule has 0 unspecified atom stereocenters. The molecule has 3 rings (SSSR count). The number of carbonyl (C=O) groups excluding carboxylic acids is 1. The van der Waals surface area contributed by atoms with Gasteiger partial charge in [-0.2, -0.15) is 0 Å². The van der Waals surface area contributed by atoms with Crippen LogP contribution in [0.3, 0.4) is 0 Å². The fraction of sp³-hybridized carbons (Fsp3) is 0.375. The van der Waals surface area contributed by atoms with Gasteiger partial charge >= 0.3 is 0 Å². The topological polar surface area (TPSA) is 42.3 Å². The van der Waals surface area contributed by atoms with Crippen LogP contribution in [0.5, 0.6) is 0 Å². The fourth-order valence-corrected chi connectivity index (χ4v) is 2.97. The highest BCUT2D eigenvalue weighted by atomic mass is 35.5. The molecule has 1 amide bonds. The van der Waals surface area contributed by atoms with Crippen LogP contribution in [0.2, 0.25) is 5.02 Å². The van der Waals surface area contributed by atoms with E-state index in [1.54, 1.807) is 29.0 Å². The van der Waals surface area contributed by atoms with Gasteiger partial charge in [-0.05, 0) is 37.5 Å². The molecule has 0 aliphatic carbocycles. The number of likely N-dealkylation sites (tertiary alicyclic amines) is 1. The van der Waals surface area contributed by atoms with Crippen molar-refractivity contribution in [3.05, 3.63) is 45.7 Å². The molecule has 0 spiro atoms. The van der Waals surface area contributed by atoms with E-state index in [2.05, 4.69) is 0 Å². The average Bonchev–Trinajstić information content (AvgIpc) is 2.51. The zero-order valence-electron chi connectivity index (χ0n) is 11.7. The van der Waals surface area contributed by atoms with Crippen molar-refractivity contribution in [1.82, 2.24) is 9.47 Å². The monoisotopic (exact) mass is 304 g/mol.